The maximum absolute atomic E-state index is 13.1. The van der Waals surface area contributed by atoms with E-state index in [1.807, 2.05) is 0 Å². The van der Waals surface area contributed by atoms with Crippen LogP contribution >= 0.6 is 0 Å². The average molecular weight is 237 g/mol. The fraction of sp³-hybridized carbons (Fsp3) is 0.333. The molecule has 1 heterocycles. The Balaban J connectivity index is 2.28. The molecule has 17 heavy (non-hydrogen) atoms. The lowest BCUT2D eigenvalue weighted by Gasteiger charge is -2.29. The van der Waals surface area contributed by atoms with Crippen LogP contribution in [0.2, 0.25) is 0 Å². The number of anilines is 1. The van der Waals surface area contributed by atoms with Crippen LogP contribution in [-0.2, 0) is 16.0 Å². The molecule has 1 amide bonds. The van der Waals surface area contributed by atoms with Gasteiger partial charge in [-0.2, -0.15) is 0 Å². The number of nitrogens with zero attached hydrogens (tertiary/aromatic N) is 1. The van der Waals surface area contributed by atoms with Crippen LogP contribution in [0, 0.1) is 5.82 Å². The Labute approximate surface area is 97.7 Å². The highest BCUT2D eigenvalue weighted by Crippen LogP contribution is 2.28. The number of carboxylic acids is 1. The normalized spacial score (nSPS) is 14.6. The molecule has 1 aliphatic heterocycles. The summed E-state index contributed by atoms with van der Waals surface area (Å²) in [6.07, 6.45) is 0.790. The first-order chi connectivity index (χ1) is 8.08. The number of aliphatic carboxylic acids is 1. The fourth-order valence-corrected chi connectivity index (χ4v) is 1.96. The molecule has 1 N–H and O–H groups in total. The van der Waals surface area contributed by atoms with Gasteiger partial charge in [0.25, 0.3) is 0 Å². The van der Waals surface area contributed by atoms with Crippen molar-refractivity contribution in [3.05, 3.63) is 29.6 Å². The number of fused-ring (bicyclic) bond motifs is 1. The summed E-state index contributed by atoms with van der Waals surface area (Å²) < 4.78 is 13.1. The van der Waals surface area contributed by atoms with Crippen LogP contribution < -0.4 is 4.90 Å². The van der Waals surface area contributed by atoms with E-state index in [4.69, 9.17) is 5.11 Å². The van der Waals surface area contributed by atoms with Gasteiger partial charge in [0.15, 0.2) is 0 Å². The van der Waals surface area contributed by atoms with Crippen LogP contribution in [0.15, 0.2) is 18.2 Å². The Bertz CT molecular complexity index is 473. The summed E-state index contributed by atoms with van der Waals surface area (Å²) in [5.41, 5.74) is 1.39. The van der Waals surface area contributed by atoms with Crippen molar-refractivity contribution >= 4 is 17.6 Å². The van der Waals surface area contributed by atoms with Crippen molar-refractivity contribution < 1.29 is 19.1 Å². The number of aryl methyl sites for hydroxylation is 1. The van der Waals surface area contributed by atoms with E-state index in [0.717, 1.165) is 5.56 Å². The maximum atomic E-state index is 13.1. The van der Waals surface area contributed by atoms with Gasteiger partial charge in [0.1, 0.15) is 5.82 Å². The Hall–Kier alpha value is -1.91. The number of halogens is 1. The van der Waals surface area contributed by atoms with Gasteiger partial charge in [-0.1, -0.05) is 6.07 Å². The smallest absolute Gasteiger partial charge is 0.305 e. The van der Waals surface area contributed by atoms with E-state index in [0.29, 0.717) is 18.5 Å². The summed E-state index contributed by atoms with van der Waals surface area (Å²) in [5, 5.41) is 8.62. The molecule has 0 aliphatic carbocycles. The van der Waals surface area contributed by atoms with E-state index in [1.165, 1.54) is 17.0 Å². The largest absolute Gasteiger partial charge is 0.481 e. The summed E-state index contributed by atoms with van der Waals surface area (Å²) in [4.78, 5) is 23.6. The molecule has 0 aromatic heterocycles. The molecule has 0 bridgehead atoms. The Morgan fingerprint density at radius 1 is 1.41 bits per heavy atom. The van der Waals surface area contributed by atoms with Gasteiger partial charge in [-0.3, -0.25) is 9.59 Å². The van der Waals surface area contributed by atoms with Crippen LogP contribution in [0.1, 0.15) is 18.4 Å². The van der Waals surface area contributed by atoms with Crippen LogP contribution in [0.25, 0.3) is 0 Å². The van der Waals surface area contributed by atoms with Crippen LogP contribution in [0.3, 0.4) is 0 Å². The van der Waals surface area contributed by atoms with Crippen LogP contribution in [0.5, 0.6) is 0 Å². The Morgan fingerprint density at radius 3 is 2.88 bits per heavy atom. The summed E-state index contributed by atoms with van der Waals surface area (Å²) in [7, 11) is 0. The topological polar surface area (TPSA) is 57.6 Å². The van der Waals surface area contributed by atoms with Gasteiger partial charge in [0, 0.05) is 18.7 Å². The second-order valence-electron chi connectivity index (χ2n) is 3.96. The third-order valence-corrected chi connectivity index (χ3v) is 2.80. The molecule has 1 aliphatic rings. The molecule has 2 rings (SSSR count). The fourth-order valence-electron chi connectivity index (χ4n) is 1.96. The molecule has 0 unspecified atom stereocenters. The number of benzene rings is 1. The number of carbonyl (C=O) groups excluding carboxylic acids is 1. The third kappa shape index (κ3) is 2.43. The monoisotopic (exact) mass is 237 g/mol. The molecule has 1 aromatic carbocycles. The van der Waals surface area contributed by atoms with E-state index in [9.17, 15) is 14.0 Å². The molecule has 1 aromatic rings. The van der Waals surface area contributed by atoms with E-state index >= 15 is 0 Å². The van der Waals surface area contributed by atoms with Gasteiger partial charge in [-0.15, -0.1) is 0 Å². The van der Waals surface area contributed by atoms with Gasteiger partial charge in [-0.05, 0) is 24.1 Å². The molecule has 5 heteroatoms. The van der Waals surface area contributed by atoms with Crippen molar-refractivity contribution in [3.63, 3.8) is 0 Å². The van der Waals surface area contributed by atoms with Crippen molar-refractivity contribution in [3.8, 4) is 0 Å². The number of rotatable bonds is 3. The molecule has 0 spiro atoms. The minimum Gasteiger partial charge on any atom is -0.481 e. The molecule has 0 saturated carbocycles. The molecule has 0 saturated heterocycles. The summed E-state index contributed by atoms with van der Waals surface area (Å²) in [6, 6.07) is 4.28. The van der Waals surface area contributed by atoms with Crippen molar-refractivity contribution in [2.24, 2.45) is 0 Å². The highest BCUT2D eigenvalue weighted by atomic mass is 19.1. The van der Waals surface area contributed by atoms with Crippen molar-refractivity contribution in [2.45, 2.75) is 19.3 Å². The molecule has 0 radical (unpaired) electrons. The van der Waals surface area contributed by atoms with Crippen molar-refractivity contribution in [1.82, 2.24) is 0 Å². The predicted molar refractivity (Wildman–Crippen MR) is 59.3 cm³/mol. The molecule has 0 atom stereocenters. The lowest BCUT2D eigenvalue weighted by molar-refractivity contribution is -0.136. The Kier molecular flexibility index (Phi) is 3.08. The quantitative estimate of drug-likeness (QED) is 0.868. The standard InChI is InChI=1S/C12H12FNO3/c13-9-3-1-8-2-4-11(15)14(10(8)7-9)6-5-12(16)17/h1,3,7H,2,4-6H2,(H,16,17). The van der Waals surface area contributed by atoms with Crippen molar-refractivity contribution in [2.75, 3.05) is 11.4 Å². The number of amides is 1. The highest BCUT2D eigenvalue weighted by Gasteiger charge is 2.24. The minimum absolute atomic E-state index is 0.0879. The predicted octanol–water partition coefficient (Wildman–Crippen LogP) is 1.58. The second kappa shape index (κ2) is 4.53. The van der Waals surface area contributed by atoms with Crippen LogP contribution in [0.4, 0.5) is 10.1 Å². The van der Waals surface area contributed by atoms with Gasteiger partial charge in [0.2, 0.25) is 5.91 Å². The Morgan fingerprint density at radius 2 is 2.18 bits per heavy atom. The number of carboxylic acid groups (broad SMARTS) is 1. The highest BCUT2D eigenvalue weighted by molar-refractivity contribution is 5.96. The van der Waals surface area contributed by atoms with E-state index < -0.39 is 11.8 Å². The zero-order valence-electron chi connectivity index (χ0n) is 9.15. The number of hydrogen-bond acceptors (Lipinski definition) is 2. The zero-order chi connectivity index (χ0) is 12.4. The number of hydrogen-bond donors (Lipinski definition) is 1. The average Bonchev–Trinajstić information content (AvgIpc) is 2.27. The first-order valence-electron chi connectivity index (χ1n) is 5.38. The van der Waals surface area contributed by atoms with E-state index in [-0.39, 0.29) is 18.9 Å². The first-order valence-corrected chi connectivity index (χ1v) is 5.38. The molecular formula is C12H12FNO3. The SMILES string of the molecule is O=C(O)CCN1C(=O)CCc2ccc(F)cc21. The molecule has 0 fully saturated rings. The maximum Gasteiger partial charge on any atom is 0.305 e. The van der Waals surface area contributed by atoms with Crippen molar-refractivity contribution in [1.29, 1.82) is 0 Å². The number of carbonyl (C=O) groups is 2. The van der Waals surface area contributed by atoms with Gasteiger partial charge in [-0.25, -0.2) is 4.39 Å². The van der Waals surface area contributed by atoms with E-state index in [2.05, 4.69) is 0 Å². The first kappa shape index (κ1) is 11.6. The van der Waals surface area contributed by atoms with Crippen LogP contribution in [-0.4, -0.2) is 23.5 Å². The lowest BCUT2D eigenvalue weighted by atomic mass is 10.0. The molecule has 90 valence electrons. The summed E-state index contributed by atoms with van der Waals surface area (Å²) in [5.74, 6) is -1.54. The zero-order valence-corrected chi connectivity index (χ0v) is 9.15. The molecule has 4 nitrogen and oxygen atoms in total. The lowest BCUT2D eigenvalue weighted by Crippen LogP contribution is -2.36. The molecular weight excluding hydrogens is 225 g/mol. The van der Waals surface area contributed by atoms with Gasteiger partial charge < -0.3 is 10.0 Å². The van der Waals surface area contributed by atoms with E-state index in [1.54, 1.807) is 6.07 Å². The summed E-state index contributed by atoms with van der Waals surface area (Å²) in [6.45, 7) is 0.0879. The minimum atomic E-state index is -0.971. The second-order valence-corrected chi connectivity index (χ2v) is 3.96. The van der Waals surface area contributed by atoms with Gasteiger partial charge >= 0.3 is 5.97 Å². The summed E-state index contributed by atoms with van der Waals surface area (Å²) >= 11 is 0. The third-order valence-electron chi connectivity index (χ3n) is 2.80. The van der Waals surface area contributed by atoms with Gasteiger partial charge in [0.05, 0.1) is 6.42 Å².